The molecule has 4 nitrogen and oxygen atoms in total. The molecule has 3 rings (SSSR count). The molecule has 0 aliphatic heterocycles. The lowest BCUT2D eigenvalue weighted by Gasteiger charge is -2.06. The molecule has 2 atom stereocenters. The molecule has 86 valence electrons. The summed E-state index contributed by atoms with van der Waals surface area (Å²) < 4.78 is 0. The predicted molar refractivity (Wildman–Crippen MR) is 67.7 cm³/mol. The number of anilines is 2. The van der Waals surface area contributed by atoms with Gasteiger partial charge in [-0.15, -0.1) is 0 Å². The molecule has 0 saturated heterocycles. The predicted octanol–water partition coefficient (Wildman–Crippen LogP) is 2.03. The molecule has 0 amide bonds. The van der Waals surface area contributed by atoms with E-state index in [1.165, 1.54) is 5.56 Å². The molecular weight excluding hydrogens is 212 g/mol. The van der Waals surface area contributed by atoms with Gasteiger partial charge in [0.25, 0.3) is 0 Å². The number of nitrogens with zero attached hydrogens (tertiary/aromatic N) is 2. The average Bonchev–Trinajstić information content (AvgIpc) is 3.13. The van der Waals surface area contributed by atoms with Crippen molar-refractivity contribution in [2.24, 2.45) is 0 Å². The summed E-state index contributed by atoms with van der Waals surface area (Å²) >= 11 is 0. The van der Waals surface area contributed by atoms with Crippen LogP contribution < -0.4 is 11.1 Å². The molecular formula is C13H14N4. The van der Waals surface area contributed by atoms with Gasteiger partial charge >= 0.3 is 0 Å². The van der Waals surface area contributed by atoms with Crippen LogP contribution in [0.4, 0.5) is 11.6 Å². The fourth-order valence-electron chi connectivity index (χ4n) is 2.06. The summed E-state index contributed by atoms with van der Waals surface area (Å²) in [6.45, 7) is 0. The standard InChI is InChI=1S/C13H14N4/c14-12-13(16-7-6-15-12)17-11-8-10(11)9-4-2-1-3-5-9/h1-7,10-11H,8H2,(H2,14,15)(H,16,17). The van der Waals surface area contributed by atoms with Crippen molar-refractivity contribution in [2.45, 2.75) is 18.4 Å². The maximum atomic E-state index is 5.74. The van der Waals surface area contributed by atoms with Gasteiger partial charge in [-0.05, 0) is 12.0 Å². The summed E-state index contributed by atoms with van der Waals surface area (Å²) in [5, 5.41) is 3.33. The summed E-state index contributed by atoms with van der Waals surface area (Å²) in [7, 11) is 0. The number of nitrogens with one attached hydrogen (secondary N) is 1. The van der Waals surface area contributed by atoms with Gasteiger partial charge in [0.2, 0.25) is 0 Å². The Morgan fingerprint density at radius 2 is 1.88 bits per heavy atom. The van der Waals surface area contributed by atoms with Crippen molar-refractivity contribution in [3.63, 3.8) is 0 Å². The second kappa shape index (κ2) is 4.05. The molecule has 0 radical (unpaired) electrons. The molecule has 1 aliphatic carbocycles. The van der Waals surface area contributed by atoms with Crippen LogP contribution in [-0.2, 0) is 0 Å². The number of nitrogen functional groups attached to an aromatic ring is 1. The Kier molecular flexibility index (Phi) is 2.40. The van der Waals surface area contributed by atoms with Crippen molar-refractivity contribution in [1.29, 1.82) is 0 Å². The largest absolute Gasteiger partial charge is 0.381 e. The van der Waals surface area contributed by atoms with Crippen molar-refractivity contribution in [2.75, 3.05) is 11.1 Å². The van der Waals surface area contributed by atoms with E-state index in [2.05, 4.69) is 39.6 Å². The molecule has 1 aliphatic rings. The summed E-state index contributed by atoms with van der Waals surface area (Å²) in [5.41, 5.74) is 7.11. The lowest BCUT2D eigenvalue weighted by atomic mass is 10.1. The van der Waals surface area contributed by atoms with E-state index < -0.39 is 0 Å². The summed E-state index contributed by atoms with van der Waals surface area (Å²) in [6, 6.07) is 10.9. The Labute approximate surface area is 99.9 Å². The first-order valence-corrected chi connectivity index (χ1v) is 5.72. The highest BCUT2D eigenvalue weighted by Crippen LogP contribution is 2.42. The van der Waals surface area contributed by atoms with Crippen LogP contribution in [0.5, 0.6) is 0 Å². The van der Waals surface area contributed by atoms with Crippen molar-refractivity contribution in [3.05, 3.63) is 48.3 Å². The second-order valence-electron chi connectivity index (χ2n) is 4.29. The normalized spacial score (nSPS) is 22.1. The quantitative estimate of drug-likeness (QED) is 0.840. The average molecular weight is 226 g/mol. The summed E-state index contributed by atoms with van der Waals surface area (Å²) in [5.74, 6) is 1.72. The number of nitrogens with two attached hydrogens (primary N) is 1. The van der Waals surface area contributed by atoms with Gasteiger partial charge in [-0.3, -0.25) is 0 Å². The zero-order chi connectivity index (χ0) is 11.7. The molecule has 1 saturated carbocycles. The van der Waals surface area contributed by atoms with E-state index in [1.807, 2.05) is 6.07 Å². The fraction of sp³-hybridized carbons (Fsp3) is 0.231. The molecule has 1 aromatic heterocycles. The van der Waals surface area contributed by atoms with E-state index in [9.17, 15) is 0 Å². The zero-order valence-electron chi connectivity index (χ0n) is 9.38. The fourth-order valence-corrected chi connectivity index (χ4v) is 2.06. The van der Waals surface area contributed by atoms with Crippen LogP contribution in [0, 0.1) is 0 Å². The van der Waals surface area contributed by atoms with Crippen molar-refractivity contribution in [1.82, 2.24) is 9.97 Å². The third kappa shape index (κ3) is 2.06. The molecule has 1 heterocycles. The van der Waals surface area contributed by atoms with Gasteiger partial charge in [-0.2, -0.15) is 0 Å². The molecule has 1 aromatic carbocycles. The lowest BCUT2D eigenvalue weighted by Crippen LogP contribution is -2.09. The third-order valence-corrected chi connectivity index (χ3v) is 3.07. The van der Waals surface area contributed by atoms with E-state index in [-0.39, 0.29) is 0 Å². The minimum Gasteiger partial charge on any atom is -0.381 e. The van der Waals surface area contributed by atoms with Crippen molar-refractivity contribution >= 4 is 11.6 Å². The zero-order valence-corrected chi connectivity index (χ0v) is 9.38. The Morgan fingerprint density at radius 3 is 2.65 bits per heavy atom. The Morgan fingerprint density at radius 1 is 1.12 bits per heavy atom. The molecule has 1 fully saturated rings. The molecule has 2 unspecified atom stereocenters. The monoisotopic (exact) mass is 226 g/mol. The first-order valence-electron chi connectivity index (χ1n) is 5.72. The number of aromatic nitrogens is 2. The number of hydrogen-bond acceptors (Lipinski definition) is 4. The minimum absolute atomic E-state index is 0.427. The lowest BCUT2D eigenvalue weighted by molar-refractivity contribution is 1.02. The SMILES string of the molecule is Nc1nccnc1NC1CC1c1ccccc1. The van der Waals surface area contributed by atoms with Crippen LogP contribution in [0.1, 0.15) is 17.9 Å². The maximum absolute atomic E-state index is 5.74. The summed E-state index contributed by atoms with van der Waals surface area (Å²) in [6.07, 6.45) is 4.38. The van der Waals surface area contributed by atoms with Gasteiger partial charge < -0.3 is 11.1 Å². The summed E-state index contributed by atoms with van der Waals surface area (Å²) in [4.78, 5) is 8.20. The Balaban J connectivity index is 1.69. The maximum Gasteiger partial charge on any atom is 0.169 e. The number of rotatable bonds is 3. The van der Waals surface area contributed by atoms with Crippen LogP contribution in [0.3, 0.4) is 0 Å². The number of benzene rings is 1. The molecule has 0 spiro atoms. The highest BCUT2D eigenvalue weighted by atomic mass is 15.1. The van der Waals surface area contributed by atoms with Crippen molar-refractivity contribution in [3.8, 4) is 0 Å². The van der Waals surface area contributed by atoms with Crippen LogP contribution in [0.2, 0.25) is 0 Å². The van der Waals surface area contributed by atoms with Gasteiger partial charge in [0.15, 0.2) is 11.6 Å². The van der Waals surface area contributed by atoms with Gasteiger partial charge in [0.05, 0.1) is 0 Å². The van der Waals surface area contributed by atoms with E-state index in [1.54, 1.807) is 12.4 Å². The molecule has 4 heteroatoms. The molecule has 17 heavy (non-hydrogen) atoms. The van der Waals surface area contributed by atoms with Gasteiger partial charge in [-0.1, -0.05) is 30.3 Å². The van der Waals surface area contributed by atoms with Crippen LogP contribution >= 0.6 is 0 Å². The van der Waals surface area contributed by atoms with Gasteiger partial charge in [0, 0.05) is 24.4 Å². The van der Waals surface area contributed by atoms with E-state index >= 15 is 0 Å². The number of hydrogen-bond donors (Lipinski definition) is 2. The Bertz CT molecular complexity index is 512. The Hall–Kier alpha value is -2.10. The van der Waals surface area contributed by atoms with E-state index in [4.69, 9.17) is 5.73 Å². The van der Waals surface area contributed by atoms with Crippen LogP contribution in [0.25, 0.3) is 0 Å². The van der Waals surface area contributed by atoms with Crippen LogP contribution in [0.15, 0.2) is 42.7 Å². The first-order chi connectivity index (χ1) is 8.34. The van der Waals surface area contributed by atoms with Gasteiger partial charge in [0.1, 0.15) is 0 Å². The second-order valence-corrected chi connectivity index (χ2v) is 4.29. The topological polar surface area (TPSA) is 63.8 Å². The molecule has 2 aromatic rings. The van der Waals surface area contributed by atoms with Gasteiger partial charge in [-0.25, -0.2) is 9.97 Å². The van der Waals surface area contributed by atoms with E-state index in [0.29, 0.717) is 23.6 Å². The minimum atomic E-state index is 0.427. The highest BCUT2D eigenvalue weighted by Gasteiger charge is 2.38. The molecule has 3 N–H and O–H groups in total. The van der Waals surface area contributed by atoms with E-state index in [0.717, 1.165) is 6.42 Å². The highest BCUT2D eigenvalue weighted by molar-refractivity contribution is 5.57. The van der Waals surface area contributed by atoms with Crippen LogP contribution in [-0.4, -0.2) is 16.0 Å². The first kappa shape index (κ1) is 10.1. The molecule has 0 bridgehead atoms. The van der Waals surface area contributed by atoms with Crippen molar-refractivity contribution < 1.29 is 0 Å². The third-order valence-electron chi connectivity index (χ3n) is 3.07. The smallest absolute Gasteiger partial charge is 0.169 e.